The summed E-state index contributed by atoms with van der Waals surface area (Å²) >= 11 is 1.41. The van der Waals surface area contributed by atoms with Gasteiger partial charge in [-0.3, -0.25) is 9.59 Å². The smallest absolute Gasteiger partial charge is 0.243 e. The molecule has 0 saturated carbocycles. The Morgan fingerprint density at radius 2 is 1.76 bits per heavy atom. The van der Waals surface area contributed by atoms with Crippen LogP contribution in [0.3, 0.4) is 0 Å². The lowest BCUT2D eigenvalue weighted by molar-refractivity contribution is -0.128. The van der Waals surface area contributed by atoms with E-state index in [-0.39, 0.29) is 12.0 Å². The molecule has 0 bridgehead atoms. The van der Waals surface area contributed by atoms with E-state index in [0.29, 0.717) is 0 Å². The monoisotopic (exact) mass is 415 g/mol. The van der Waals surface area contributed by atoms with Crippen molar-refractivity contribution in [3.05, 3.63) is 87.9 Å². The van der Waals surface area contributed by atoms with Crippen molar-refractivity contribution in [2.24, 2.45) is 0 Å². The van der Waals surface area contributed by atoms with Gasteiger partial charge in [0.05, 0.1) is 6.42 Å². The van der Waals surface area contributed by atoms with Gasteiger partial charge in [0, 0.05) is 17.6 Å². The molecule has 2 N–H and O–H groups in total. The summed E-state index contributed by atoms with van der Waals surface area (Å²) in [6.45, 7) is 1.54. The third-order valence-electron chi connectivity index (χ3n) is 4.18. The maximum Gasteiger partial charge on any atom is 0.243 e. The van der Waals surface area contributed by atoms with Crippen LogP contribution in [0.2, 0.25) is 0 Å². The molecule has 3 aromatic rings. The molecule has 29 heavy (non-hydrogen) atoms. The molecule has 0 fully saturated rings. The van der Waals surface area contributed by atoms with Crippen LogP contribution < -0.4 is 10.6 Å². The molecule has 1 heterocycles. The zero-order valence-electron chi connectivity index (χ0n) is 15.6. The van der Waals surface area contributed by atoms with Crippen LogP contribution in [0.4, 0.5) is 8.78 Å². The summed E-state index contributed by atoms with van der Waals surface area (Å²) in [7, 11) is 0. The second kappa shape index (κ2) is 9.38. The topological polar surface area (TPSA) is 71.1 Å². The number of carbonyl (C=O) groups excluding carboxylic acids is 2. The highest BCUT2D eigenvalue weighted by molar-refractivity contribution is 7.09. The van der Waals surface area contributed by atoms with E-state index >= 15 is 0 Å². The lowest BCUT2D eigenvalue weighted by Crippen LogP contribution is -2.46. The van der Waals surface area contributed by atoms with E-state index in [0.717, 1.165) is 28.8 Å². The molecule has 2 unspecified atom stereocenters. The van der Waals surface area contributed by atoms with Crippen molar-refractivity contribution >= 4 is 23.2 Å². The molecule has 0 aliphatic carbocycles. The summed E-state index contributed by atoms with van der Waals surface area (Å²) in [5.74, 6) is -2.42. The van der Waals surface area contributed by atoms with E-state index < -0.39 is 35.5 Å². The normalized spacial score (nSPS) is 12.8. The largest absolute Gasteiger partial charge is 0.344 e. The zero-order valence-corrected chi connectivity index (χ0v) is 16.4. The number of nitrogens with zero attached hydrogens (tertiary/aromatic N) is 1. The molecule has 0 aliphatic rings. The van der Waals surface area contributed by atoms with Crippen molar-refractivity contribution in [2.45, 2.75) is 25.4 Å². The van der Waals surface area contributed by atoms with E-state index in [4.69, 9.17) is 0 Å². The van der Waals surface area contributed by atoms with Gasteiger partial charge in [0.15, 0.2) is 0 Å². The molecule has 0 saturated heterocycles. The predicted molar refractivity (Wildman–Crippen MR) is 106 cm³/mol. The number of nitrogens with one attached hydrogen (secondary N) is 2. The fourth-order valence-corrected chi connectivity index (χ4v) is 3.55. The first-order chi connectivity index (χ1) is 13.9. The van der Waals surface area contributed by atoms with Gasteiger partial charge in [0.25, 0.3) is 0 Å². The Labute approximate surface area is 170 Å². The van der Waals surface area contributed by atoms with E-state index in [2.05, 4.69) is 15.6 Å². The summed E-state index contributed by atoms with van der Waals surface area (Å²) in [4.78, 5) is 29.1. The third-order valence-corrected chi connectivity index (χ3v) is 5.02. The Kier molecular flexibility index (Phi) is 6.66. The molecule has 0 aliphatic heterocycles. The summed E-state index contributed by atoms with van der Waals surface area (Å²) in [5.41, 5.74) is 1.06. The first-order valence-electron chi connectivity index (χ1n) is 8.91. The van der Waals surface area contributed by atoms with Crippen LogP contribution in [0.15, 0.2) is 60.1 Å². The molecule has 2 aromatic carbocycles. The molecular weight excluding hydrogens is 396 g/mol. The average molecular weight is 415 g/mol. The first-order valence-corrected chi connectivity index (χ1v) is 9.79. The quantitative estimate of drug-likeness (QED) is 0.622. The molecule has 1 aromatic heterocycles. The molecule has 0 radical (unpaired) electrons. The van der Waals surface area contributed by atoms with Crippen molar-refractivity contribution < 1.29 is 18.4 Å². The SMILES string of the molecule is CC(NC(=O)Cc1cc(F)cc(F)c1)C(=O)NC(c1ccccc1)c1nccs1. The second-order valence-electron chi connectivity index (χ2n) is 6.47. The first kappa shape index (κ1) is 20.6. The fourth-order valence-electron chi connectivity index (χ4n) is 2.83. The van der Waals surface area contributed by atoms with Crippen molar-refractivity contribution in [3.8, 4) is 0 Å². The van der Waals surface area contributed by atoms with E-state index in [9.17, 15) is 18.4 Å². The number of hydrogen-bond acceptors (Lipinski definition) is 4. The van der Waals surface area contributed by atoms with Crippen molar-refractivity contribution in [1.82, 2.24) is 15.6 Å². The molecule has 150 valence electrons. The van der Waals surface area contributed by atoms with E-state index in [1.165, 1.54) is 11.3 Å². The number of amides is 2. The van der Waals surface area contributed by atoms with Crippen molar-refractivity contribution in [1.29, 1.82) is 0 Å². The van der Waals surface area contributed by atoms with Crippen LogP contribution in [0.25, 0.3) is 0 Å². The van der Waals surface area contributed by atoms with E-state index in [1.54, 1.807) is 13.1 Å². The van der Waals surface area contributed by atoms with Crippen LogP contribution in [0.5, 0.6) is 0 Å². The molecular formula is C21H19F2N3O2S. The highest BCUT2D eigenvalue weighted by Gasteiger charge is 2.23. The maximum atomic E-state index is 13.3. The number of carbonyl (C=O) groups is 2. The number of rotatable bonds is 7. The molecule has 2 amide bonds. The number of halogens is 2. The Bertz CT molecular complexity index is 961. The minimum absolute atomic E-state index is 0.192. The van der Waals surface area contributed by atoms with Crippen LogP contribution in [-0.2, 0) is 16.0 Å². The third kappa shape index (κ3) is 5.68. The van der Waals surface area contributed by atoms with Gasteiger partial charge in [-0.1, -0.05) is 30.3 Å². The highest BCUT2D eigenvalue weighted by atomic mass is 32.1. The van der Waals surface area contributed by atoms with E-state index in [1.807, 2.05) is 35.7 Å². The zero-order chi connectivity index (χ0) is 20.8. The van der Waals surface area contributed by atoms with Crippen molar-refractivity contribution in [2.75, 3.05) is 0 Å². The summed E-state index contributed by atoms with van der Waals surface area (Å²) in [6, 6.07) is 11.0. The van der Waals surface area contributed by atoms with Crippen LogP contribution in [0.1, 0.15) is 29.1 Å². The Balaban J connectivity index is 1.64. The Morgan fingerprint density at radius 3 is 2.38 bits per heavy atom. The predicted octanol–water partition coefficient (Wildman–Crippen LogP) is 3.37. The number of aromatic nitrogens is 1. The van der Waals surface area contributed by atoms with Gasteiger partial charge < -0.3 is 10.6 Å². The van der Waals surface area contributed by atoms with Gasteiger partial charge in [-0.15, -0.1) is 11.3 Å². The lowest BCUT2D eigenvalue weighted by Gasteiger charge is -2.20. The molecule has 3 rings (SSSR count). The van der Waals surface area contributed by atoms with Gasteiger partial charge in [-0.25, -0.2) is 13.8 Å². The molecule has 0 spiro atoms. The van der Waals surface area contributed by atoms with Crippen LogP contribution in [0, 0.1) is 11.6 Å². The van der Waals surface area contributed by atoms with Gasteiger partial charge in [0.2, 0.25) is 11.8 Å². The van der Waals surface area contributed by atoms with Gasteiger partial charge >= 0.3 is 0 Å². The number of hydrogen-bond donors (Lipinski definition) is 2. The lowest BCUT2D eigenvalue weighted by atomic mass is 10.1. The summed E-state index contributed by atoms with van der Waals surface area (Å²) in [6.07, 6.45) is 1.42. The molecule has 5 nitrogen and oxygen atoms in total. The summed E-state index contributed by atoms with van der Waals surface area (Å²) < 4.78 is 26.5. The van der Waals surface area contributed by atoms with Crippen LogP contribution >= 0.6 is 11.3 Å². The Morgan fingerprint density at radius 1 is 1.07 bits per heavy atom. The average Bonchev–Trinajstić information content (AvgIpc) is 3.20. The second-order valence-corrected chi connectivity index (χ2v) is 7.39. The minimum atomic E-state index is -0.841. The van der Waals surface area contributed by atoms with Gasteiger partial charge in [-0.05, 0) is 30.2 Å². The van der Waals surface area contributed by atoms with Crippen LogP contribution in [-0.4, -0.2) is 22.8 Å². The fraction of sp³-hybridized carbons (Fsp3) is 0.190. The highest BCUT2D eigenvalue weighted by Crippen LogP contribution is 2.23. The van der Waals surface area contributed by atoms with Crippen molar-refractivity contribution in [3.63, 3.8) is 0 Å². The standard InChI is InChI=1S/C21H19F2N3O2S/c1-13(25-18(27)11-14-9-16(22)12-17(23)10-14)20(28)26-19(21-24-7-8-29-21)15-5-3-2-4-6-15/h2-10,12-13,19H,11H2,1H3,(H,25,27)(H,26,28). The number of thiazole rings is 1. The summed E-state index contributed by atoms with van der Waals surface area (Å²) in [5, 5.41) is 7.99. The maximum absolute atomic E-state index is 13.3. The van der Waals surface area contributed by atoms with Gasteiger partial charge in [-0.2, -0.15) is 0 Å². The van der Waals surface area contributed by atoms with Gasteiger partial charge in [0.1, 0.15) is 28.7 Å². The molecule has 2 atom stereocenters. The molecule has 8 heteroatoms. The minimum Gasteiger partial charge on any atom is -0.344 e. The number of benzene rings is 2. The Hall–Kier alpha value is -3.13.